The number of hydrogen-bond acceptors (Lipinski definition) is 4. The summed E-state index contributed by atoms with van der Waals surface area (Å²) >= 11 is 0. The first-order valence-corrected chi connectivity index (χ1v) is 8.56. The number of hydrogen-bond donors (Lipinski definition) is 1. The number of nitrogens with two attached hydrogens (primary N) is 1. The molecule has 1 saturated heterocycles. The van der Waals surface area contributed by atoms with Crippen LogP contribution in [0.2, 0.25) is 0 Å². The van der Waals surface area contributed by atoms with E-state index in [0.717, 1.165) is 33.3 Å². The third-order valence-electron chi connectivity index (χ3n) is 4.93. The number of alkyl halides is 2. The summed E-state index contributed by atoms with van der Waals surface area (Å²) in [4.78, 5) is 6.45. The van der Waals surface area contributed by atoms with Crippen LogP contribution in [0.1, 0.15) is 36.9 Å². The molecule has 2 aromatic heterocycles. The number of fused-ring (bicyclic) bond motifs is 3. The Morgan fingerprint density at radius 1 is 1.24 bits per heavy atom. The minimum Gasteiger partial charge on any atom is -0.452 e. The molecule has 3 heterocycles. The second-order valence-electron chi connectivity index (χ2n) is 6.97. The molecule has 4 rings (SSSR count). The maximum absolute atomic E-state index is 13.5. The molecule has 1 aliphatic heterocycles. The van der Waals surface area contributed by atoms with Crippen molar-refractivity contribution in [1.82, 2.24) is 4.98 Å². The Morgan fingerprint density at radius 2 is 1.96 bits per heavy atom. The molecule has 3 aromatic rings. The average Bonchev–Trinajstić information content (AvgIpc) is 2.92. The van der Waals surface area contributed by atoms with Crippen LogP contribution < -0.4 is 10.6 Å². The van der Waals surface area contributed by atoms with Crippen LogP contribution in [0.5, 0.6) is 0 Å². The number of halogens is 2. The third-order valence-corrected chi connectivity index (χ3v) is 4.93. The van der Waals surface area contributed by atoms with Crippen molar-refractivity contribution in [2.24, 2.45) is 5.73 Å². The van der Waals surface area contributed by atoms with Crippen molar-refractivity contribution in [3.05, 3.63) is 35.5 Å². The minimum atomic E-state index is -2.57. The van der Waals surface area contributed by atoms with Gasteiger partial charge in [-0.25, -0.2) is 8.78 Å². The predicted molar refractivity (Wildman–Crippen MR) is 95.2 cm³/mol. The normalized spacial score (nSPS) is 18.8. The Hall–Kier alpha value is -2.21. The topological polar surface area (TPSA) is 55.3 Å². The molecule has 0 saturated carbocycles. The zero-order valence-corrected chi connectivity index (χ0v) is 14.4. The fraction of sp³-hybridized carbons (Fsp3) is 0.421. The molecule has 2 N–H and O–H groups in total. The summed E-state index contributed by atoms with van der Waals surface area (Å²) in [6.45, 7) is 4.55. The molecule has 0 spiro atoms. The Kier molecular flexibility index (Phi) is 3.68. The highest BCUT2D eigenvalue weighted by Crippen LogP contribution is 2.39. The fourth-order valence-electron chi connectivity index (χ4n) is 3.59. The van der Waals surface area contributed by atoms with Gasteiger partial charge in [-0.3, -0.25) is 4.98 Å². The van der Waals surface area contributed by atoms with E-state index in [1.165, 1.54) is 0 Å². The maximum atomic E-state index is 13.5. The molecule has 1 aliphatic rings. The first-order chi connectivity index (χ1) is 11.9. The zero-order valence-electron chi connectivity index (χ0n) is 14.4. The lowest BCUT2D eigenvalue weighted by Gasteiger charge is -2.33. The number of piperidine rings is 1. The van der Waals surface area contributed by atoms with Crippen LogP contribution in [0.3, 0.4) is 0 Å². The Balaban J connectivity index is 1.89. The van der Waals surface area contributed by atoms with Crippen LogP contribution in [-0.4, -0.2) is 24.0 Å². The minimum absolute atomic E-state index is 0.138. The lowest BCUT2D eigenvalue weighted by Crippen LogP contribution is -2.39. The Morgan fingerprint density at radius 3 is 2.64 bits per heavy atom. The molecule has 0 unspecified atom stereocenters. The summed E-state index contributed by atoms with van der Waals surface area (Å²) in [5, 5.41) is 0.923. The van der Waals surface area contributed by atoms with Crippen molar-refractivity contribution >= 4 is 27.8 Å². The van der Waals surface area contributed by atoms with Crippen LogP contribution in [0.25, 0.3) is 22.1 Å². The van der Waals surface area contributed by atoms with Gasteiger partial charge in [0.25, 0.3) is 5.92 Å². The summed E-state index contributed by atoms with van der Waals surface area (Å²) < 4.78 is 33.1. The van der Waals surface area contributed by atoms with E-state index in [9.17, 15) is 8.78 Å². The molecule has 0 bridgehead atoms. The summed E-state index contributed by atoms with van der Waals surface area (Å²) in [5.74, 6) is -2.57. The van der Waals surface area contributed by atoms with Crippen LogP contribution >= 0.6 is 0 Å². The molecule has 25 heavy (non-hydrogen) atoms. The largest absolute Gasteiger partial charge is 0.452 e. The highest BCUT2D eigenvalue weighted by atomic mass is 19.3. The lowest BCUT2D eigenvalue weighted by atomic mass is 10.0. The summed E-state index contributed by atoms with van der Waals surface area (Å²) in [6, 6.07) is 5.73. The van der Waals surface area contributed by atoms with Crippen LogP contribution in [0.4, 0.5) is 14.5 Å². The van der Waals surface area contributed by atoms with Gasteiger partial charge in [-0.2, -0.15) is 0 Å². The monoisotopic (exact) mass is 345 g/mol. The number of furan rings is 1. The third kappa shape index (κ3) is 2.74. The number of rotatable bonds is 2. The van der Waals surface area contributed by atoms with Crippen molar-refractivity contribution in [2.45, 2.75) is 38.7 Å². The van der Waals surface area contributed by atoms with E-state index < -0.39 is 5.92 Å². The molecule has 6 heteroatoms. The van der Waals surface area contributed by atoms with Gasteiger partial charge in [0, 0.05) is 49.1 Å². The van der Waals surface area contributed by atoms with E-state index in [1.807, 2.05) is 36.9 Å². The molecule has 4 nitrogen and oxygen atoms in total. The summed E-state index contributed by atoms with van der Waals surface area (Å²) in [7, 11) is 0. The van der Waals surface area contributed by atoms with Gasteiger partial charge in [0.2, 0.25) is 0 Å². The van der Waals surface area contributed by atoms with E-state index in [1.54, 1.807) is 6.20 Å². The first kappa shape index (κ1) is 16.3. The van der Waals surface area contributed by atoms with Crippen molar-refractivity contribution in [1.29, 1.82) is 0 Å². The van der Waals surface area contributed by atoms with Crippen LogP contribution in [0, 0.1) is 6.92 Å². The van der Waals surface area contributed by atoms with Gasteiger partial charge in [0.05, 0.1) is 5.69 Å². The second-order valence-corrected chi connectivity index (χ2v) is 6.97. The van der Waals surface area contributed by atoms with E-state index in [2.05, 4.69) is 4.98 Å². The number of aryl methyl sites for hydroxylation is 1. The molecule has 1 atom stereocenters. The van der Waals surface area contributed by atoms with Gasteiger partial charge in [0.1, 0.15) is 11.1 Å². The molecular formula is C19H21F2N3O. The van der Waals surface area contributed by atoms with Gasteiger partial charge < -0.3 is 15.1 Å². The maximum Gasteiger partial charge on any atom is 0.251 e. The number of benzene rings is 1. The quantitative estimate of drug-likeness (QED) is 0.740. The standard InChI is InChI=1S/C19H21F2N3O/c1-11-9-13(12(2)22)17-14(10-11)16-18(25-17)15(3-6-23-16)24-7-4-19(20,21)5-8-24/h3,6,9-10,12H,4-5,7-8,22H2,1-2H3/t12-/m1/s1. The molecule has 0 radical (unpaired) electrons. The van der Waals surface area contributed by atoms with Crippen molar-refractivity contribution < 1.29 is 13.2 Å². The molecule has 0 amide bonds. The fourth-order valence-corrected chi connectivity index (χ4v) is 3.59. The van der Waals surface area contributed by atoms with Gasteiger partial charge >= 0.3 is 0 Å². The van der Waals surface area contributed by atoms with Crippen LogP contribution in [0.15, 0.2) is 28.8 Å². The number of nitrogens with zero attached hydrogens (tertiary/aromatic N) is 2. The highest BCUT2D eigenvalue weighted by Gasteiger charge is 2.35. The molecule has 1 fully saturated rings. The van der Waals surface area contributed by atoms with Crippen molar-refractivity contribution in [2.75, 3.05) is 18.0 Å². The number of pyridine rings is 1. The van der Waals surface area contributed by atoms with E-state index in [0.29, 0.717) is 18.7 Å². The summed E-state index contributed by atoms with van der Waals surface area (Å²) in [6.07, 6.45) is 1.44. The molecule has 0 aliphatic carbocycles. The lowest BCUT2D eigenvalue weighted by molar-refractivity contribution is -0.0220. The van der Waals surface area contributed by atoms with Crippen molar-refractivity contribution in [3.63, 3.8) is 0 Å². The first-order valence-electron chi connectivity index (χ1n) is 8.56. The number of anilines is 1. The van der Waals surface area contributed by atoms with Gasteiger partial charge in [-0.1, -0.05) is 6.07 Å². The molecular weight excluding hydrogens is 324 g/mol. The Labute approximate surface area is 144 Å². The van der Waals surface area contributed by atoms with Gasteiger partial charge in [-0.05, 0) is 31.5 Å². The molecule has 132 valence electrons. The predicted octanol–water partition coefficient (Wildman–Crippen LogP) is 4.54. The zero-order chi connectivity index (χ0) is 17.8. The van der Waals surface area contributed by atoms with Gasteiger partial charge in [-0.15, -0.1) is 0 Å². The number of aromatic nitrogens is 1. The average molecular weight is 345 g/mol. The van der Waals surface area contributed by atoms with Gasteiger partial charge in [0.15, 0.2) is 5.58 Å². The summed E-state index contributed by atoms with van der Waals surface area (Å²) in [5.41, 5.74) is 11.1. The van der Waals surface area contributed by atoms with E-state index >= 15 is 0 Å². The van der Waals surface area contributed by atoms with Crippen molar-refractivity contribution in [3.8, 4) is 0 Å². The smallest absolute Gasteiger partial charge is 0.251 e. The molecule has 1 aromatic carbocycles. The highest BCUT2D eigenvalue weighted by molar-refractivity contribution is 6.07. The van der Waals surface area contributed by atoms with E-state index in [-0.39, 0.29) is 18.9 Å². The second kappa shape index (κ2) is 5.66. The Bertz CT molecular complexity index is 939. The SMILES string of the molecule is Cc1cc([C@@H](C)N)c2oc3c(N4CCC(F)(F)CC4)ccnc3c2c1. The van der Waals surface area contributed by atoms with E-state index in [4.69, 9.17) is 10.2 Å². The van der Waals surface area contributed by atoms with Crippen LogP contribution in [-0.2, 0) is 0 Å².